The van der Waals surface area contributed by atoms with Crippen molar-refractivity contribution in [1.29, 1.82) is 0 Å². The summed E-state index contributed by atoms with van der Waals surface area (Å²) in [5, 5.41) is 2.78. The van der Waals surface area contributed by atoms with Gasteiger partial charge in [-0.2, -0.15) is 0 Å². The third-order valence-corrected chi connectivity index (χ3v) is 3.01. The number of rotatable bonds is 3. The van der Waals surface area contributed by atoms with Crippen LogP contribution >= 0.6 is 0 Å². The highest BCUT2D eigenvalue weighted by Crippen LogP contribution is 2.14. The molecule has 1 unspecified atom stereocenters. The highest BCUT2D eigenvalue weighted by atomic mass is 16.5. The zero-order valence-corrected chi connectivity index (χ0v) is 9.44. The van der Waals surface area contributed by atoms with Gasteiger partial charge in [0.1, 0.15) is 6.61 Å². The molecule has 0 bridgehead atoms. The Hall–Kier alpha value is -1.30. The lowest BCUT2D eigenvalue weighted by atomic mass is 10.2. The number of amides is 3. The Morgan fingerprint density at radius 2 is 2.38 bits per heavy atom. The van der Waals surface area contributed by atoms with Crippen molar-refractivity contribution < 1.29 is 14.3 Å². The van der Waals surface area contributed by atoms with Crippen LogP contribution in [0.5, 0.6) is 0 Å². The van der Waals surface area contributed by atoms with Gasteiger partial charge in [-0.1, -0.05) is 0 Å². The van der Waals surface area contributed by atoms with Crippen LogP contribution in [0.15, 0.2) is 0 Å². The van der Waals surface area contributed by atoms with Gasteiger partial charge in [0.25, 0.3) is 0 Å². The molecule has 6 heteroatoms. The number of urea groups is 1. The van der Waals surface area contributed by atoms with Crippen molar-refractivity contribution >= 4 is 11.9 Å². The second kappa shape index (κ2) is 4.69. The number of piperazine rings is 1. The number of carbonyl (C=O) groups excluding carboxylic acids is 2. The van der Waals surface area contributed by atoms with Gasteiger partial charge in [-0.15, -0.1) is 0 Å². The molecule has 2 aliphatic rings. The molecule has 2 fully saturated rings. The van der Waals surface area contributed by atoms with E-state index in [1.165, 1.54) is 0 Å². The maximum Gasteiger partial charge on any atom is 0.317 e. The molecule has 1 atom stereocenters. The summed E-state index contributed by atoms with van der Waals surface area (Å²) in [4.78, 5) is 26.6. The van der Waals surface area contributed by atoms with Gasteiger partial charge in [-0.25, -0.2) is 4.79 Å². The Morgan fingerprint density at radius 3 is 3.12 bits per heavy atom. The van der Waals surface area contributed by atoms with Crippen molar-refractivity contribution in [2.75, 3.05) is 39.4 Å². The van der Waals surface area contributed by atoms with Crippen molar-refractivity contribution in [3.8, 4) is 0 Å². The molecule has 2 saturated heterocycles. The summed E-state index contributed by atoms with van der Waals surface area (Å²) in [7, 11) is 0. The molecule has 0 aromatic carbocycles. The minimum Gasteiger partial charge on any atom is -0.372 e. The maximum atomic E-state index is 11.7. The molecule has 0 radical (unpaired) electrons. The van der Waals surface area contributed by atoms with Crippen LogP contribution in [0.25, 0.3) is 0 Å². The SMILES string of the molecule is CCOCC(=O)N1CCN2C(=O)NCC2C1. The highest BCUT2D eigenvalue weighted by Gasteiger charge is 2.36. The first kappa shape index (κ1) is 11.2. The highest BCUT2D eigenvalue weighted by molar-refractivity contribution is 5.80. The van der Waals surface area contributed by atoms with E-state index in [0.717, 1.165) is 0 Å². The van der Waals surface area contributed by atoms with Crippen LogP contribution in [-0.2, 0) is 9.53 Å². The van der Waals surface area contributed by atoms with Crippen molar-refractivity contribution in [1.82, 2.24) is 15.1 Å². The molecule has 2 heterocycles. The van der Waals surface area contributed by atoms with Gasteiger partial charge in [0.2, 0.25) is 5.91 Å². The Morgan fingerprint density at radius 1 is 1.56 bits per heavy atom. The largest absolute Gasteiger partial charge is 0.372 e. The molecular formula is C10H17N3O3. The van der Waals surface area contributed by atoms with E-state index in [4.69, 9.17) is 4.74 Å². The van der Waals surface area contributed by atoms with Gasteiger partial charge in [-0.05, 0) is 6.92 Å². The van der Waals surface area contributed by atoms with Gasteiger partial charge in [-0.3, -0.25) is 4.79 Å². The topological polar surface area (TPSA) is 61.9 Å². The third-order valence-electron chi connectivity index (χ3n) is 3.01. The van der Waals surface area contributed by atoms with Crippen LogP contribution in [0.4, 0.5) is 4.79 Å². The zero-order chi connectivity index (χ0) is 11.5. The molecule has 6 nitrogen and oxygen atoms in total. The molecule has 0 aliphatic carbocycles. The second-order valence-electron chi connectivity index (χ2n) is 4.01. The number of hydrogen-bond acceptors (Lipinski definition) is 3. The first-order chi connectivity index (χ1) is 7.72. The fraction of sp³-hybridized carbons (Fsp3) is 0.800. The summed E-state index contributed by atoms with van der Waals surface area (Å²) in [5.74, 6) is 0.0147. The lowest BCUT2D eigenvalue weighted by Gasteiger charge is -2.36. The molecule has 90 valence electrons. The molecular weight excluding hydrogens is 210 g/mol. The van der Waals surface area contributed by atoms with Crippen LogP contribution in [0.1, 0.15) is 6.92 Å². The molecule has 1 N–H and O–H groups in total. The van der Waals surface area contributed by atoms with Crippen LogP contribution in [0.2, 0.25) is 0 Å². The summed E-state index contributed by atoms with van der Waals surface area (Å²) in [6, 6.07) is 0.119. The van der Waals surface area contributed by atoms with Crippen molar-refractivity contribution in [2.45, 2.75) is 13.0 Å². The van der Waals surface area contributed by atoms with Gasteiger partial charge < -0.3 is 19.9 Å². The standard InChI is InChI=1S/C10H17N3O3/c1-2-16-7-9(14)12-3-4-13-8(6-12)5-11-10(13)15/h8H,2-7H2,1H3,(H,11,15). The lowest BCUT2D eigenvalue weighted by Crippen LogP contribution is -2.54. The monoisotopic (exact) mass is 227 g/mol. The maximum absolute atomic E-state index is 11.7. The number of hydrogen-bond donors (Lipinski definition) is 1. The first-order valence-corrected chi connectivity index (χ1v) is 5.62. The Balaban J connectivity index is 1.86. The van der Waals surface area contributed by atoms with Crippen LogP contribution < -0.4 is 5.32 Å². The summed E-state index contributed by atoms with van der Waals surface area (Å²) in [6.07, 6.45) is 0. The Labute approximate surface area is 94.5 Å². The fourth-order valence-electron chi connectivity index (χ4n) is 2.11. The van der Waals surface area contributed by atoms with Crippen LogP contribution in [0, 0.1) is 0 Å². The molecule has 0 aromatic rings. The quantitative estimate of drug-likeness (QED) is 0.690. The summed E-state index contributed by atoms with van der Waals surface area (Å²) in [5.41, 5.74) is 0. The molecule has 0 saturated carbocycles. The number of carbonyl (C=O) groups is 2. The zero-order valence-electron chi connectivity index (χ0n) is 9.44. The molecule has 16 heavy (non-hydrogen) atoms. The van der Waals surface area contributed by atoms with E-state index >= 15 is 0 Å². The summed E-state index contributed by atoms with van der Waals surface area (Å²) < 4.78 is 5.09. The molecule has 2 rings (SSSR count). The average molecular weight is 227 g/mol. The minimum atomic E-state index is -0.0121. The van der Waals surface area contributed by atoms with E-state index < -0.39 is 0 Å². The molecule has 0 aromatic heterocycles. The average Bonchev–Trinajstić information content (AvgIpc) is 2.67. The van der Waals surface area contributed by atoms with E-state index in [1.807, 2.05) is 6.92 Å². The van der Waals surface area contributed by atoms with E-state index in [9.17, 15) is 9.59 Å². The molecule has 3 amide bonds. The Bertz CT molecular complexity index is 295. The predicted molar refractivity (Wildman–Crippen MR) is 57.0 cm³/mol. The van der Waals surface area contributed by atoms with Crippen molar-refractivity contribution in [3.63, 3.8) is 0 Å². The van der Waals surface area contributed by atoms with Crippen molar-refractivity contribution in [2.24, 2.45) is 0 Å². The van der Waals surface area contributed by atoms with Gasteiger partial charge in [0, 0.05) is 32.8 Å². The van der Waals surface area contributed by atoms with E-state index in [2.05, 4.69) is 5.32 Å². The lowest BCUT2D eigenvalue weighted by molar-refractivity contribution is -0.138. The fourth-order valence-corrected chi connectivity index (χ4v) is 2.11. The van der Waals surface area contributed by atoms with Crippen molar-refractivity contribution in [3.05, 3.63) is 0 Å². The summed E-state index contributed by atoms with van der Waals surface area (Å²) in [6.45, 7) is 5.04. The Kier molecular flexibility index (Phi) is 3.28. The van der Waals surface area contributed by atoms with E-state index in [1.54, 1.807) is 9.80 Å². The smallest absolute Gasteiger partial charge is 0.317 e. The molecule has 0 spiro atoms. The van der Waals surface area contributed by atoms with Gasteiger partial charge in [0.05, 0.1) is 6.04 Å². The summed E-state index contributed by atoms with van der Waals surface area (Å²) >= 11 is 0. The molecule has 2 aliphatic heterocycles. The van der Waals surface area contributed by atoms with E-state index in [-0.39, 0.29) is 24.6 Å². The predicted octanol–water partition coefficient (Wildman–Crippen LogP) is -0.741. The minimum absolute atomic E-state index is 0.0121. The second-order valence-corrected chi connectivity index (χ2v) is 4.01. The normalized spacial score (nSPS) is 24.3. The number of fused-ring (bicyclic) bond motifs is 1. The number of nitrogens with one attached hydrogen (secondary N) is 1. The number of ether oxygens (including phenoxy) is 1. The number of nitrogens with zero attached hydrogens (tertiary/aromatic N) is 2. The van der Waals surface area contributed by atoms with Gasteiger partial charge in [0.15, 0.2) is 0 Å². The third kappa shape index (κ3) is 2.11. The van der Waals surface area contributed by atoms with E-state index in [0.29, 0.717) is 32.8 Å². The van der Waals surface area contributed by atoms with Gasteiger partial charge >= 0.3 is 6.03 Å². The van der Waals surface area contributed by atoms with Crippen LogP contribution in [0.3, 0.4) is 0 Å². The van der Waals surface area contributed by atoms with Crippen LogP contribution in [-0.4, -0.2) is 67.2 Å². The first-order valence-electron chi connectivity index (χ1n) is 5.62.